The van der Waals surface area contributed by atoms with Crippen molar-refractivity contribution in [3.63, 3.8) is 0 Å². The number of likely N-dealkylation sites (N-methyl/N-ethyl adjacent to an activating group) is 1. The minimum Gasteiger partial charge on any atom is -0.370 e. The summed E-state index contributed by atoms with van der Waals surface area (Å²) in [4.78, 5) is 6.50. The molecule has 1 aliphatic rings. The fraction of sp³-hybridized carbons (Fsp3) is 0.235. The molecule has 3 rings (SSSR count). The average molecular weight is 265 g/mol. The lowest BCUT2D eigenvalue weighted by Crippen LogP contribution is -2.35. The number of nitrogens with two attached hydrogens (primary N) is 1. The maximum absolute atomic E-state index is 5.91. The zero-order chi connectivity index (χ0) is 13.9. The van der Waals surface area contributed by atoms with E-state index in [2.05, 4.69) is 65.3 Å². The topological polar surface area (TPSA) is 41.6 Å². The van der Waals surface area contributed by atoms with Gasteiger partial charge in [-0.3, -0.25) is 4.99 Å². The molecule has 0 fully saturated rings. The molecular weight excluding hydrogens is 246 g/mol. The van der Waals surface area contributed by atoms with Crippen LogP contribution in [0.1, 0.15) is 18.5 Å². The van der Waals surface area contributed by atoms with E-state index in [-0.39, 0.29) is 6.04 Å². The Kier molecular flexibility index (Phi) is 3.42. The number of nitrogens with zero attached hydrogens (tertiary/aromatic N) is 2. The van der Waals surface area contributed by atoms with Crippen LogP contribution in [0, 0.1) is 0 Å². The number of aliphatic imine (C=N–C) groups is 1. The summed E-state index contributed by atoms with van der Waals surface area (Å²) < 4.78 is 0. The molecule has 0 aromatic heterocycles. The van der Waals surface area contributed by atoms with E-state index in [9.17, 15) is 0 Å². The van der Waals surface area contributed by atoms with Gasteiger partial charge < -0.3 is 10.6 Å². The van der Waals surface area contributed by atoms with Crippen LogP contribution < -0.4 is 5.73 Å². The van der Waals surface area contributed by atoms with Crippen LogP contribution in [-0.2, 0) is 0 Å². The van der Waals surface area contributed by atoms with Crippen LogP contribution in [0.4, 0.5) is 0 Å². The Hall–Kier alpha value is -2.29. The second kappa shape index (κ2) is 5.37. The van der Waals surface area contributed by atoms with Gasteiger partial charge in [-0.05, 0) is 23.6 Å². The average Bonchev–Trinajstić information content (AvgIpc) is 2.89. The summed E-state index contributed by atoms with van der Waals surface area (Å²) in [5.74, 6) is 0.657. The van der Waals surface area contributed by atoms with Crippen molar-refractivity contribution in [2.45, 2.75) is 13.0 Å². The molecule has 0 saturated carbocycles. The number of benzene rings is 2. The molecule has 3 heteroatoms. The van der Waals surface area contributed by atoms with Gasteiger partial charge in [0.05, 0.1) is 12.6 Å². The molecule has 20 heavy (non-hydrogen) atoms. The van der Waals surface area contributed by atoms with Crippen LogP contribution in [-0.4, -0.2) is 23.9 Å². The lowest BCUT2D eigenvalue weighted by Gasteiger charge is -2.25. The van der Waals surface area contributed by atoms with Crippen molar-refractivity contribution in [3.05, 3.63) is 60.2 Å². The van der Waals surface area contributed by atoms with Crippen LogP contribution in [0.3, 0.4) is 0 Å². The molecule has 2 aromatic rings. The Balaban J connectivity index is 1.84. The molecule has 1 heterocycles. The number of hydrogen-bond acceptors (Lipinski definition) is 3. The first-order chi connectivity index (χ1) is 9.79. The molecule has 1 unspecified atom stereocenters. The van der Waals surface area contributed by atoms with Crippen molar-refractivity contribution in [2.75, 3.05) is 13.1 Å². The summed E-state index contributed by atoms with van der Waals surface area (Å²) >= 11 is 0. The Morgan fingerprint density at radius 2 is 1.70 bits per heavy atom. The predicted octanol–water partition coefficient (Wildman–Crippen LogP) is 3.04. The third-order valence-electron chi connectivity index (χ3n) is 3.84. The monoisotopic (exact) mass is 265 g/mol. The van der Waals surface area contributed by atoms with E-state index in [0.717, 1.165) is 13.1 Å². The molecule has 3 nitrogen and oxygen atoms in total. The molecule has 0 spiro atoms. The first kappa shape index (κ1) is 12.7. The van der Waals surface area contributed by atoms with E-state index in [1.807, 2.05) is 6.07 Å². The maximum Gasteiger partial charge on any atom is 0.191 e. The van der Waals surface area contributed by atoms with Crippen molar-refractivity contribution < 1.29 is 0 Å². The number of rotatable bonds is 3. The van der Waals surface area contributed by atoms with E-state index in [0.29, 0.717) is 5.96 Å². The van der Waals surface area contributed by atoms with Crippen molar-refractivity contribution in [2.24, 2.45) is 10.7 Å². The fourth-order valence-electron chi connectivity index (χ4n) is 2.73. The van der Waals surface area contributed by atoms with Crippen LogP contribution in [0.25, 0.3) is 11.1 Å². The lowest BCUT2D eigenvalue weighted by molar-refractivity contribution is 0.364. The van der Waals surface area contributed by atoms with Crippen molar-refractivity contribution in [3.8, 4) is 11.1 Å². The minimum atomic E-state index is 0.282. The highest BCUT2D eigenvalue weighted by Gasteiger charge is 2.25. The maximum atomic E-state index is 5.91. The van der Waals surface area contributed by atoms with Crippen LogP contribution in [0.5, 0.6) is 0 Å². The zero-order valence-corrected chi connectivity index (χ0v) is 11.7. The molecule has 1 atom stereocenters. The van der Waals surface area contributed by atoms with Crippen molar-refractivity contribution >= 4 is 5.96 Å². The van der Waals surface area contributed by atoms with E-state index < -0.39 is 0 Å². The van der Waals surface area contributed by atoms with Crippen molar-refractivity contribution in [1.82, 2.24) is 4.90 Å². The van der Waals surface area contributed by atoms with Gasteiger partial charge in [-0.25, -0.2) is 0 Å². The third kappa shape index (κ3) is 2.27. The molecule has 0 amide bonds. The smallest absolute Gasteiger partial charge is 0.191 e. The van der Waals surface area contributed by atoms with Gasteiger partial charge in [-0.15, -0.1) is 0 Å². The van der Waals surface area contributed by atoms with Crippen LogP contribution >= 0.6 is 0 Å². The normalized spacial score (nSPS) is 18.1. The second-order valence-corrected chi connectivity index (χ2v) is 4.99. The van der Waals surface area contributed by atoms with E-state index >= 15 is 0 Å². The van der Waals surface area contributed by atoms with Crippen LogP contribution in [0.15, 0.2) is 59.6 Å². The predicted molar refractivity (Wildman–Crippen MR) is 83.5 cm³/mol. The van der Waals surface area contributed by atoms with Gasteiger partial charge >= 0.3 is 0 Å². The molecule has 0 aliphatic carbocycles. The number of hydrogen-bond donors (Lipinski definition) is 1. The Morgan fingerprint density at radius 1 is 1.05 bits per heavy atom. The molecule has 0 bridgehead atoms. The largest absolute Gasteiger partial charge is 0.370 e. The first-order valence-corrected chi connectivity index (χ1v) is 7.01. The molecule has 1 aliphatic heterocycles. The Bertz CT molecular complexity index is 602. The Morgan fingerprint density at radius 3 is 2.35 bits per heavy atom. The summed E-state index contributed by atoms with van der Waals surface area (Å²) in [5, 5.41) is 0. The van der Waals surface area contributed by atoms with Crippen LogP contribution in [0.2, 0.25) is 0 Å². The number of guanidine groups is 1. The van der Waals surface area contributed by atoms with E-state index in [1.165, 1.54) is 16.7 Å². The quantitative estimate of drug-likeness (QED) is 0.926. The molecule has 2 aromatic carbocycles. The molecule has 0 saturated heterocycles. The summed E-state index contributed by atoms with van der Waals surface area (Å²) in [6, 6.07) is 19.4. The highest BCUT2D eigenvalue weighted by atomic mass is 15.3. The second-order valence-electron chi connectivity index (χ2n) is 4.99. The van der Waals surface area contributed by atoms with Gasteiger partial charge in [-0.2, -0.15) is 0 Å². The summed E-state index contributed by atoms with van der Waals surface area (Å²) in [5.41, 5.74) is 9.67. The molecule has 102 valence electrons. The summed E-state index contributed by atoms with van der Waals surface area (Å²) in [7, 11) is 0. The van der Waals surface area contributed by atoms with Gasteiger partial charge in [0.25, 0.3) is 0 Å². The van der Waals surface area contributed by atoms with Gasteiger partial charge in [0, 0.05) is 6.54 Å². The molecule has 0 radical (unpaired) electrons. The SMILES string of the molecule is CCN1C(N)=NCC1c1ccc(-c2ccccc2)cc1. The van der Waals surface area contributed by atoms with Gasteiger partial charge in [0.2, 0.25) is 0 Å². The summed E-state index contributed by atoms with van der Waals surface area (Å²) in [6.45, 7) is 3.75. The third-order valence-corrected chi connectivity index (χ3v) is 3.84. The highest BCUT2D eigenvalue weighted by Crippen LogP contribution is 2.27. The minimum absolute atomic E-state index is 0.282. The van der Waals surface area contributed by atoms with Crippen molar-refractivity contribution in [1.29, 1.82) is 0 Å². The standard InChI is InChI=1S/C17H19N3/c1-2-20-16(12-19-17(20)18)15-10-8-14(9-11-15)13-6-4-3-5-7-13/h3-11,16H,2,12H2,1H3,(H2,18,19). The van der Waals surface area contributed by atoms with Gasteiger partial charge in [-0.1, -0.05) is 54.6 Å². The Labute approximate surface area is 119 Å². The lowest BCUT2D eigenvalue weighted by atomic mass is 10.0. The van der Waals surface area contributed by atoms with Gasteiger partial charge in [0.1, 0.15) is 0 Å². The fourth-order valence-corrected chi connectivity index (χ4v) is 2.73. The summed E-state index contributed by atoms with van der Waals surface area (Å²) in [6.07, 6.45) is 0. The first-order valence-electron chi connectivity index (χ1n) is 7.01. The highest BCUT2D eigenvalue weighted by molar-refractivity contribution is 5.80. The van der Waals surface area contributed by atoms with E-state index in [1.54, 1.807) is 0 Å². The molecular formula is C17H19N3. The zero-order valence-electron chi connectivity index (χ0n) is 11.7. The van der Waals surface area contributed by atoms with E-state index in [4.69, 9.17) is 5.73 Å². The van der Waals surface area contributed by atoms with Gasteiger partial charge in [0.15, 0.2) is 5.96 Å². The molecule has 2 N–H and O–H groups in total.